The maximum atomic E-state index is 12.5. The minimum Gasteiger partial charge on any atom is -0.497 e. The van der Waals surface area contributed by atoms with Crippen LogP contribution in [0.1, 0.15) is 32.4 Å². The fourth-order valence-corrected chi connectivity index (χ4v) is 2.53. The highest BCUT2D eigenvalue weighted by atomic mass is 16.6. The Labute approximate surface area is 147 Å². The van der Waals surface area contributed by atoms with Crippen molar-refractivity contribution in [3.63, 3.8) is 0 Å². The molecule has 1 aromatic carbocycles. The molecule has 0 radical (unpaired) electrons. The Hall–Kier alpha value is -2.54. The summed E-state index contributed by atoms with van der Waals surface area (Å²) in [5.41, 5.74) is 1.56. The predicted molar refractivity (Wildman–Crippen MR) is 92.1 cm³/mol. The summed E-state index contributed by atoms with van der Waals surface area (Å²) in [7, 11) is 1.56. The van der Waals surface area contributed by atoms with E-state index in [1.807, 2.05) is 19.9 Å². The van der Waals surface area contributed by atoms with Crippen LogP contribution in [-0.4, -0.2) is 38.4 Å². The van der Waals surface area contributed by atoms with Crippen molar-refractivity contribution >= 4 is 12.0 Å². The average Bonchev–Trinajstić information content (AvgIpc) is 2.57. The van der Waals surface area contributed by atoms with Crippen LogP contribution in [0.4, 0.5) is 4.79 Å². The third-order valence-electron chi connectivity index (χ3n) is 3.68. The lowest BCUT2D eigenvalue weighted by Crippen LogP contribution is -2.45. The molecule has 1 aromatic rings. The number of carbonyl (C=O) groups is 2. The van der Waals surface area contributed by atoms with Gasteiger partial charge in [-0.1, -0.05) is 12.1 Å². The highest BCUT2D eigenvalue weighted by Gasteiger charge is 2.32. The first-order valence-electron chi connectivity index (χ1n) is 8.13. The second-order valence-electron chi connectivity index (χ2n) is 5.90. The zero-order chi connectivity index (χ0) is 18.4. The molecule has 1 atom stereocenters. The molecule has 2 amide bonds. The van der Waals surface area contributed by atoms with Crippen molar-refractivity contribution in [2.45, 2.75) is 32.9 Å². The molecule has 25 heavy (non-hydrogen) atoms. The van der Waals surface area contributed by atoms with Gasteiger partial charge in [0.15, 0.2) is 0 Å². The van der Waals surface area contributed by atoms with Crippen LogP contribution in [0.15, 0.2) is 35.5 Å². The van der Waals surface area contributed by atoms with Gasteiger partial charge in [0.2, 0.25) is 0 Å². The van der Waals surface area contributed by atoms with Crippen LogP contribution in [-0.2, 0) is 14.3 Å². The van der Waals surface area contributed by atoms with E-state index in [9.17, 15) is 9.59 Å². The van der Waals surface area contributed by atoms with E-state index in [0.29, 0.717) is 23.6 Å². The Morgan fingerprint density at radius 2 is 2.04 bits per heavy atom. The van der Waals surface area contributed by atoms with Crippen molar-refractivity contribution in [2.24, 2.45) is 0 Å². The molecule has 0 aromatic heterocycles. The summed E-state index contributed by atoms with van der Waals surface area (Å²) in [5.74, 6) is 0.145. The van der Waals surface area contributed by atoms with Crippen molar-refractivity contribution in [3.8, 4) is 5.75 Å². The quantitative estimate of drug-likeness (QED) is 0.583. The molecule has 0 fully saturated rings. The van der Waals surface area contributed by atoms with Gasteiger partial charge in [-0.15, -0.1) is 0 Å². The predicted octanol–water partition coefficient (Wildman–Crippen LogP) is 2.29. The SMILES string of the molecule is COc1cccc(C2NC(=O)NC(C)=C2C(=O)OCCOC(C)C)c1. The van der Waals surface area contributed by atoms with Gasteiger partial charge >= 0.3 is 12.0 Å². The second-order valence-corrected chi connectivity index (χ2v) is 5.90. The third-order valence-corrected chi connectivity index (χ3v) is 3.68. The fourth-order valence-electron chi connectivity index (χ4n) is 2.53. The standard InChI is InChI=1S/C18H24N2O5/c1-11(2)24-8-9-25-17(21)15-12(3)19-18(22)20-16(15)13-6-5-7-14(10-13)23-4/h5-7,10-11,16H,8-9H2,1-4H3,(H2,19,20,22). The van der Waals surface area contributed by atoms with Gasteiger partial charge in [-0.2, -0.15) is 0 Å². The summed E-state index contributed by atoms with van der Waals surface area (Å²) < 4.78 is 15.9. The summed E-state index contributed by atoms with van der Waals surface area (Å²) in [4.78, 5) is 24.4. The molecular formula is C18H24N2O5. The van der Waals surface area contributed by atoms with E-state index in [1.165, 1.54) is 0 Å². The van der Waals surface area contributed by atoms with E-state index in [1.54, 1.807) is 32.2 Å². The largest absolute Gasteiger partial charge is 0.497 e. The number of carbonyl (C=O) groups excluding carboxylic acids is 2. The van der Waals surface area contributed by atoms with Gasteiger partial charge in [-0.3, -0.25) is 0 Å². The number of methoxy groups -OCH3 is 1. The minimum atomic E-state index is -0.609. The van der Waals surface area contributed by atoms with Gasteiger partial charge in [0.05, 0.1) is 31.4 Å². The lowest BCUT2D eigenvalue weighted by molar-refractivity contribution is -0.141. The molecule has 0 bridgehead atoms. The van der Waals surface area contributed by atoms with E-state index < -0.39 is 12.0 Å². The lowest BCUT2D eigenvalue weighted by Gasteiger charge is -2.28. The number of hydrogen-bond donors (Lipinski definition) is 2. The number of allylic oxidation sites excluding steroid dienone is 1. The van der Waals surface area contributed by atoms with Crippen LogP contribution < -0.4 is 15.4 Å². The van der Waals surface area contributed by atoms with E-state index in [-0.39, 0.29) is 18.7 Å². The second kappa shape index (κ2) is 8.53. The topological polar surface area (TPSA) is 85.9 Å². The normalized spacial score (nSPS) is 17.2. The maximum absolute atomic E-state index is 12.5. The Morgan fingerprint density at radius 3 is 2.72 bits per heavy atom. The van der Waals surface area contributed by atoms with Crippen LogP contribution in [0.2, 0.25) is 0 Å². The number of rotatable bonds is 7. The molecular weight excluding hydrogens is 324 g/mol. The van der Waals surface area contributed by atoms with Crippen LogP contribution in [0.25, 0.3) is 0 Å². The van der Waals surface area contributed by atoms with Gasteiger partial charge in [0.25, 0.3) is 0 Å². The number of benzene rings is 1. The molecule has 2 N–H and O–H groups in total. The monoisotopic (exact) mass is 348 g/mol. The van der Waals surface area contributed by atoms with Gasteiger partial charge in [-0.05, 0) is 38.5 Å². The summed E-state index contributed by atoms with van der Waals surface area (Å²) >= 11 is 0. The zero-order valence-corrected chi connectivity index (χ0v) is 14.9. The molecule has 1 unspecified atom stereocenters. The van der Waals surface area contributed by atoms with Crippen LogP contribution in [0, 0.1) is 0 Å². The molecule has 7 nitrogen and oxygen atoms in total. The van der Waals surface area contributed by atoms with Crippen LogP contribution in [0.3, 0.4) is 0 Å². The van der Waals surface area contributed by atoms with Gasteiger partial charge in [0.1, 0.15) is 12.4 Å². The fraction of sp³-hybridized carbons (Fsp3) is 0.444. The Kier molecular flexibility index (Phi) is 6.41. The number of esters is 1. The number of amides is 2. The van der Waals surface area contributed by atoms with Gasteiger partial charge < -0.3 is 24.8 Å². The van der Waals surface area contributed by atoms with Crippen molar-refractivity contribution in [3.05, 3.63) is 41.1 Å². The van der Waals surface area contributed by atoms with E-state index in [2.05, 4.69) is 10.6 Å². The molecule has 1 aliphatic rings. The molecule has 0 saturated carbocycles. The molecule has 1 aliphatic heterocycles. The van der Waals surface area contributed by atoms with Crippen molar-refractivity contribution < 1.29 is 23.8 Å². The highest BCUT2D eigenvalue weighted by molar-refractivity contribution is 5.95. The molecule has 0 spiro atoms. The first-order chi connectivity index (χ1) is 11.9. The lowest BCUT2D eigenvalue weighted by atomic mass is 9.95. The molecule has 0 aliphatic carbocycles. The average molecular weight is 348 g/mol. The first kappa shape index (κ1) is 18.8. The summed E-state index contributed by atoms with van der Waals surface area (Å²) in [6.07, 6.45) is 0.0693. The molecule has 2 rings (SSSR count). The number of hydrogen-bond acceptors (Lipinski definition) is 5. The van der Waals surface area contributed by atoms with E-state index >= 15 is 0 Å². The van der Waals surface area contributed by atoms with Crippen molar-refractivity contribution in [2.75, 3.05) is 20.3 Å². The van der Waals surface area contributed by atoms with Gasteiger partial charge in [-0.25, -0.2) is 9.59 Å². The Balaban J connectivity index is 2.20. The summed E-state index contributed by atoms with van der Waals surface area (Å²) in [6.45, 7) is 5.96. The van der Waals surface area contributed by atoms with E-state index in [4.69, 9.17) is 14.2 Å². The molecule has 7 heteroatoms. The number of urea groups is 1. The van der Waals surface area contributed by atoms with Crippen LogP contribution in [0.5, 0.6) is 5.75 Å². The third kappa shape index (κ3) is 4.96. The number of nitrogens with one attached hydrogen (secondary N) is 2. The molecule has 136 valence electrons. The molecule has 0 saturated heterocycles. The summed E-state index contributed by atoms with van der Waals surface area (Å²) in [5, 5.41) is 5.37. The van der Waals surface area contributed by atoms with Crippen LogP contribution >= 0.6 is 0 Å². The smallest absolute Gasteiger partial charge is 0.338 e. The summed E-state index contributed by atoms with van der Waals surface area (Å²) in [6, 6.07) is 6.22. The Bertz CT molecular complexity index is 669. The van der Waals surface area contributed by atoms with E-state index in [0.717, 1.165) is 5.56 Å². The van der Waals surface area contributed by atoms with Crippen molar-refractivity contribution in [1.29, 1.82) is 0 Å². The maximum Gasteiger partial charge on any atom is 0.338 e. The Morgan fingerprint density at radius 1 is 1.28 bits per heavy atom. The molecule has 1 heterocycles. The minimum absolute atomic E-state index is 0.0693. The number of ether oxygens (including phenoxy) is 3. The highest BCUT2D eigenvalue weighted by Crippen LogP contribution is 2.29. The first-order valence-corrected chi connectivity index (χ1v) is 8.13. The van der Waals surface area contributed by atoms with Crippen molar-refractivity contribution in [1.82, 2.24) is 10.6 Å². The zero-order valence-electron chi connectivity index (χ0n) is 14.9. The van der Waals surface area contributed by atoms with Gasteiger partial charge in [0, 0.05) is 5.70 Å².